The molecule has 0 saturated heterocycles. The SMILES string of the molecule is CCCCNc1n[c-]nc(Oc2ccc(Oc3cc(O)c4c(c3N)C(=O)c3ccccc3C4=O)cc2)n1.[B]C.[Y]. The summed E-state index contributed by atoms with van der Waals surface area (Å²) in [6.45, 7) is 4.32. The molecular formula is C28H25BN5O5Y-. The summed E-state index contributed by atoms with van der Waals surface area (Å²) in [7, 11) is 4.50. The number of ketones is 2. The third-order valence-corrected chi connectivity index (χ3v) is 5.76. The molecule has 1 aromatic heterocycles. The van der Waals surface area contributed by atoms with Crippen LogP contribution in [0.5, 0.6) is 29.0 Å². The number of ether oxygens (including phenoxy) is 2. The van der Waals surface area contributed by atoms with Gasteiger partial charge in [-0.2, -0.15) is 0 Å². The van der Waals surface area contributed by atoms with Gasteiger partial charge in [-0.3, -0.25) is 14.6 Å². The van der Waals surface area contributed by atoms with Crippen molar-refractivity contribution in [2.24, 2.45) is 0 Å². The van der Waals surface area contributed by atoms with Crippen LogP contribution in [-0.4, -0.2) is 46.0 Å². The number of hydrogen-bond acceptors (Lipinski definition) is 10. The smallest absolute Gasteiger partial charge is 0.206 e. The topological polar surface area (TPSA) is 150 Å². The van der Waals surface area contributed by atoms with Crippen LogP contribution < -0.4 is 20.5 Å². The molecule has 5 rings (SSSR count). The number of carbonyl (C=O) groups excluding carboxylic acids is 2. The summed E-state index contributed by atoms with van der Waals surface area (Å²) in [5.41, 5.74) is 6.46. The summed E-state index contributed by atoms with van der Waals surface area (Å²) in [4.78, 5) is 38.1. The fraction of sp³-hybridized carbons (Fsp3) is 0.179. The first-order valence-electron chi connectivity index (χ1n) is 12.2. The number of phenols is 1. The Kier molecular flexibility index (Phi) is 10.8. The monoisotopic (exact) mass is 611 g/mol. The zero-order chi connectivity index (χ0) is 27.9. The van der Waals surface area contributed by atoms with E-state index in [2.05, 4.69) is 41.4 Å². The van der Waals surface area contributed by atoms with Gasteiger partial charge in [-0.25, -0.2) is 0 Å². The van der Waals surface area contributed by atoms with Crippen LogP contribution in [-0.2, 0) is 32.7 Å². The number of fused-ring (bicyclic) bond motifs is 2. The number of aromatic nitrogens is 3. The van der Waals surface area contributed by atoms with Crippen molar-refractivity contribution in [1.29, 1.82) is 0 Å². The summed E-state index contributed by atoms with van der Waals surface area (Å²) in [5.74, 6) is -0.104. The fourth-order valence-electron chi connectivity index (χ4n) is 3.92. The van der Waals surface area contributed by atoms with Crippen LogP contribution in [0.2, 0.25) is 6.82 Å². The molecule has 4 N–H and O–H groups in total. The molecule has 0 atom stereocenters. The van der Waals surface area contributed by atoms with Crippen LogP contribution in [0.4, 0.5) is 11.6 Å². The quantitative estimate of drug-likeness (QED) is 0.0739. The van der Waals surface area contributed by atoms with E-state index < -0.39 is 11.6 Å². The summed E-state index contributed by atoms with van der Waals surface area (Å²) in [5, 5.41) is 13.7. The Morgan fingerprint density at radius 1 is 0.950 bits per heavy atom. The van der Waals surface area contributed by atoms with E-state index in [1.807, 2.05) is 0 Å². The molecule has 12 heteroatoms. The third-order valence-electron chi connectivity index (χ3n) is 5.76. The van der Waals surface area contributed by atoms with E-state index in [4.69, 9.17) is 15.2 Å². The number of nitrogens with zero attached hydrogens (tertiary/aromatic N) is 3. The van der Waals surface area contributed by atoms with Gasteiger partial charge in [-0.1, -0.05) is 44.4 Å². The maximum Gasteiger partial charge on any atom is 0.206 e. The predicted molar refractivity (Wildman–Crippen MR) is 146 cm³/mol. The van der Waals surface area contributed by atoms with Gasteiger partial charge in [0.2, 0.25) is 6.01 Å². The number of rotatable bonds is 8. The number of aromatic hydroxyl groups is 1. The summed E-state index contributed by atoms with van der Waals surface area (Å²) < 4.78 is 11.5. The maximum absolute atomic E-state index is 13.1. The van der Waals surface area contributed by atoms with E-state index in [0.717, 1.165) is 19.4 Å². The average Bonchev–Trinajstić information content (AvgIpc) is 2.96. The van der Waals surface area contributed by atoms with Gasteiger partial charge in [0.05, 0.1) is 24.7 Å². The zero-order valence-electron chi connectivity index (χ0n) is 22.0. The second-order valence-electron chi connectivity index (χ2n) is 8.26. The Bertz CT molecular complexity index is 1520. The Morgan fingerprint density at radius 3 is 2.17 bits per heavy atom. The van der Waals surface area contributed by atoms with Crippen molar-refractivity contribution in [1.82, 2.24) is 15.0 Å². The van der Waals surface area contributed by atoms with E-state index in [-0.39, 0.29) is 78.2 Å². The number of unbranched alkanes of at least 4 members (excludes halogenated alkanes) is 1. The predicted octanol–water partition coefficient (Wildman–Crippen LogP) is 4.73. The first-order chi connectivity index (χ1) is 19.0. The van der Waals surface area contributed by atoms with Crippen molar-refractivity contribution in [2.45, 2.75) is 26.6 Å². The molecule has 0 spiro atoms. The van der Waals surface area contributed by atoms with Crippen LogP contribution in [0, 0.1) is 6.33 Å². The van der Waals surface area contributed by atoms with Crippen molar-refractivity contribution >= 4 is 31.0 Å². The summed E-state index contributed by atoms with van der Waals surface area (Å²) >= 11 is 0. The molecule has 40 heavy (non-hydrogen) atoms. The normalized spacial score (nSPS) is 11.2. The molecule has 1 heterocycles. The molecule has 0 saturated carbocycles. The Balaban J connectivity index is 0.00000144. The van der Waals surface area contributed by atoms with Crippen LogP contribution in [0.3, 0.4) is 0 Å². The molecule has 10 nitrogen and oxygen atoms in total. The van der Waals surface area contributed by atoms with Crippen LogP contribution >= 0.6 is 0 Å². The molecule has 1 aliphatic carbocycles. The van der Waals surface area contributed by atoms with E-state index in [9.17, 15) is 14.7 Å². The molecule has 3 radical (unpaired) electrons. The number of benzene rings is 3. The minimum absolute atomic E-state index is 0. The molecule has 0 aliphatic heterocycles. The molecular weight excluding hydrogens is 586 g/mol. The van der Waals surface area contributed by atoms with E-state index >= 15 is 0 Å². The standard InChI is InChI=1S/C27H22N5O5.CH3B.Y/c1-2-3-12-29-26-30-14-31-27(32-26)37-16-10-8-15(9-11-16)36-20-13-19(33)21-22(23(20)28)25(35)18-7-5-4-6-17(18)24(21)34;1-2;/h4-11,13,33H,2-3,12,28H2,1H3,(H,29,30,31,32);1H3;/q-1;;. The van der Waals surface area contributed by atoms with Crippen molar-refractivity contribution in [2.75, 3.05) is 17.6 Å². The molecule has 0 bridgehead atoms. The molecule has 3 aromatic carbocycles. The minimum atomic E-state index is -0.471. The molecule has 0 amide bonds. The van der Waals surface area contributed by atoms with Crippen LogP contribution in [0.1, 0.15) is 51.6 Å². The molecule has 199 valence electrons. The van der Waals surface area contributed by atoms with Gasteiger partial charge in [-0.15, -0.1) is 0 Å². The van der Waals surface area contributed by atoms with Gasteiger partial charge >= 0.3 is 0 Å². The second-order valence-corrected chi connectivity index (χ2v) is 8.26. The van der Waals surface area contributed by atoms with Gasteiger partial charge in [0.15, 0.2) is 17.3 Å². The Hall–Kier alpha value is -3.82. The third kappa shape index (κ3) is 6.48. The number of nitrogens with one attached hydrogen (secondary N) is 1. The number of hydrogen-bond donors (Lipinski definition) is 3. The fourth-order valence-corrected chi connectivity index (χ4v) is 3.92. The second kappa shape index (κ2) is 14.0. The van der Waals surface area contributed by atoms with Crippen molar-refractivity contribution in [3.8, 4) is 29.0 Å². The number of nitrogen functional groups attached to an aromatic ring is 1. The number of phenolic OH excluding ortho intramolecular Hbond substituents is 1. The number of anilines is 2. The number of nitrogens with two attached hydrogens (primary N) is 1. The summed E-state index contributed by atoms with van der Waals surface area (Å²) in [6.07, 6.45) is 4.53. The van der Waals surface area contributed by atoms with Crippen LogP contribution in [0.25, 0.3) is 0 Å². The van der Waals surface area contributed by atoms with Crippen molar-refractivity contribution < 1.29 is 56.9 Å². The maximum atomic E-state index is 13.1. The Labute approximate surface area is 258 Å². The van der Waals surface area contributed by atoms with Crippen molar-refractivity contribution in [3.63, 3.8) is 0 Å². The van der Waals surface area contributed by atoms with E-state index in [1.54, 1.807) is 48.5 Å². The van der Waals surface area contributed by atoms with Crippen molar-refractivity contribution in [3.05, 3.63) is 83.2 Å². The molecule has 0 unspecified atom stereocenters. The summed E-state index contributed by atoms with van der Waals surface area (Å²) in [6, 6.07) is 14.2. The van der Waals surface area contributed by atoms with Gasteiger partial charge in [0, 0.05) is 62.8 Å². The zero-order valence-corrected chi connectivity index (χ0v) is 24.8. The van der Waals surface area contributed by atoms with E-state index in [0.29, 0.717) is 17.4 Å². The van der Waals surface area contributed by atoms with Gasteiger partial charge in [-0.05, 0) is 30.7 Å². The number of carbonyl (C=O) groups is 2. The Morgan fingerprint density at radius 2 is 1.55 bits per heavy atom. The first kappa shape index (κ1) is 30.7. The molecule has 0 fully saturated rings. The minimum Gasteiger partial charge on any atom is -0.507 e. The average molecular weight is 611 g/mol. The first-order valence-corrected chi connectivity index (χ1v) is 12.2. The van der Waals surface area contributed by atoms with Crippen LogP contribution in [0.15, 0.2) is 54.6 Å². The van der Waals surface area contributed by atoms with Gasteiger partial charge in [0.1, 0.15) is 23.2 Å². The van der Waals surface area contributed by atoms with Gasteiger partial charge in [0.25, 0.3) is 0 Å². The van der Waals surface area contributed by atoms with Gasteiger partial charge < -0.3 is 35.6 Å². The molecule has 1 aliphatic rings. The largest absolute Gasteiger partial charge is 0.507 e. The molecule has 4 aromatic rings. The van der Waals surface area contributed by atoms with E-state index in [1.165, 1.54) is 12.9 Å².